The van der Waals surface area contributed by atoms with Crippen molar-refractivity contribution in [2.24, 2.45) is 0 Å². The number of nitrogens with zero attached hydrogens (tertiary/aromatic N) is 2. The smallest absolute Gasteiger partial charge is 0.295 e. The largest absolute Gasteiger partial charge is 0.507 e. The van der Waals surface area contributed by atoms with Crippen LogP contribution in [0.3, 0.4) is 0 Å². The molecule has 0 radical (unpaired) electrons. The molecule has 10 heteroatoms. The number of benzene rings is 2. The number of likely N-dealkylation sites (tertiary alicyclic amines) is 1. The second-order valence-corrected chi connectivity index (χ2v) is 8.63. The predicted octanol–water partition coefficient (Wildman–Crippen LogP) is 5.04. The van der Waals surface area contributed by atoms with Gasteiger partial charge in [-0.3, -0.25) is 14.6 Å². The first-order valence-electron chi connectivity index (χ1n) is 10.7. The summed E-state index contributed by atoms with van der Waals surface area (Å²) in [5, 5.41) is 11.5. The molecule has 36 heavy (non-hydrogen) atoms. The Bertz CT molecular complexity index is 1360. The maximum Gasteiger partial charge on any atom is 0.295 e. The number of aliphatic hydroxyl groups is 1. The molecule has 1 aliphatic rings. The van der Waals surface area contributed by atoms with Gasteiger partial charge in [0.2, 0.25) is 0 Å². The lowest BCUT2D eigenvalue weighted by Crippen LogP contribution is -2.29. The Balaban J connectivity index is 1.92. The average molecular weight is 529 g/mol. The number of methoxy groups -OCH3 is 3. The van der Waals surface area contributed by atoms with Gasteiger partial charge in [0.15, 0.2) is 11.5 Å². The monoisotopic (exact) mass is 528 g/mol. The van der Waals surface area contributed by atoms with E-state index in [-0.39, 0.29) is 39.2 Å². The molecule has 0 aliphatic carbocycles. The van der Waals surface area contributed by atoms with E-state index in [4.69, 9.17) is 37.4 Å². The minimum atomic E-state index is -0.913. The number of carbonyl (C=O) groups is 2. The number of aliphatic hydroxyl groups excluding tert-OH is 1. The number of Topliss-reactive ketones (excluding diaryl/α,β-unsaturated/α-hetero) is 1. The molecule has 1 fully saturated rings. The van der Waals surface area contributed by atoms with E-state index in [1.54, 1.807) is 49.8 Å². The number of ether oxygens (including phenoxy) is 3. The van der Waals surface area contributed by atoms with E-state index in [0.717, 1.165) is 5.56 Å². The number of hydrogen-bond acceptors (Lipinski definition) is 7. The molecule has 0 bridgehead atoms. The van der Waals surface area contributed by atoms with Crippen molar-refractivity contribution in [3.63, 3.8) is 0 Å². The highest BCUT2D eigenvalue weighted by Crippen LogP contribution is 2.47. The van der Waals surface area contributed by atoms with E-state index >= 15 is 0 Å². The Morgan fingerprint density at radius 1 is 1.00 bits per heavy atom. The Hall–Kier alpha value is -3.75. The minimum absolute atomic E-state index is 0.0140. The van der Waals surface area contributed by atoms with Crippen molar-refractivity contribution in [2.75, 3.05) is 21.3 Å². The van der Waals surface area contributed by atoms with Crippen LogP contribution in [0.5, 0.6) is 17.2 Å². The number of aromatic nitrogens is 1. The lowest BCUT2D eigenvalue weighted by Gasteiger charge is -2.25. The third-order valence-electron chi connectivity index (χ3n) is 5.84. The van der Waals surface area contributed by atoms with Crippen molar-refractivity contribution in [3.05, 3.63) is 87.2 Å². The second kappa shape index (κ2) is 10.5. The Morgan fingerprint density at radius 2 is 1.69 bits per heavy atom. The molecule has 1 N–H and O–H groups in total. The highest BCUT2D eigenvalue weighted by atomic mass is 35.5. The molecular formula is C26H22Cl2N2O6. The van der Waals surface area contributed by atoms with Crippen molar-refractivity contribution in [1.29, 1.82) is 0 Å². The predicted molar refractivity (Wildman–Crippen MR) is 135 cm³/mol. The number of amides is 1. The number of hydrogen-bond donors (Lipinski definition) is 1. The fraction of sp³-hybridized carbons (Fsp3) is 0.192. The van der Waals surface area contributed by atoms with E-state index < -0.39 is 23.5 Å². The first-order chi connectivity index (χ1) is 17.3. The summed E-state index contributed by atoms with van der Waals surface area (Å²) in [6.45, 7) is 0.0901. The summed E-state index contributed by atoms with van der Waals surface area (Å²) in [5.74, 6) is -1.31. The molecule has 3 aromatic rings. The van der Waals surface area contributed by atoms with Gasteiger partial charge in [0.1, 0.15) is 16.5 Å². The molecule has 4 rings (SSSR count). The van der Waals surface area contributed by atoms with Crippen LogP contribution in [0.15, 0.2) is 60.4 Å². The van der Waals surface area contributed by atoms with E-state index in [2.05, 4.69) is 4.98 Å². The zero-order valence-corrected chi connectivity index (χ0v) is 21.1. The van der Waals surface area contributed by atoms with Crippen LogP contribution in [0.1, 0.15) is 22.7 Å². The van der Waals surface area contributed by atoms with Crippen molar-refractivity contribution < 1.29 is 28.9 Å². The quantitative estimate of drug-likeness (QED) is 0.260. The molecule has 1 atom stereocenters. The molecule has 1 amide bonds. The number of carbonyl (C=O) groups excluding carboxylic acids is 2. The topological polar surface area (TPSA) is 98.2 Å². The number of rotatable bonds is 7. The zero-order valence-electron chi connectivity index (χ0n) is 19.6. The van der Waals surface area contributed by atoms with Crippen LogP contribution in [0.4, 0.5) is 0 Å². The number of halogens is 2. The van der Waals surface area contributed by atoms with Crippen LogP contribution in [0.25, 0.3) is 5.76 Å². The van der Waals surface area contributed by atoms with Crippen LogP contribution in [0.2, 0.25) is 10.0 Å². The van der Waals surface area contributed by atoms with Crippen molar-refractivity contribution in [3.8, 4) is 17.2 Å². The van der Waals surface area contributed by atoms with Crippen LogP contribution < -0.4 is 14.2 Å². The maximum absolute atomic E-state index is 13.3. The molecule has 0 saturated carbocycles. The molecule has 0 spiro atoms. The third-order valence-corrected chi connectivity index (χ3v) is 6.47. The zero-order chi connectivity index (χ0) is 26.0. The van der Waals surface area contributed by atoms with Crippen molar-refractivity contribution in [1.82, 2.24) is 9.88 Å². The summed E-state index contributed by atoms with van der Waals surface area (Å²) in [6.07, 6.45) is 3.09. The Kier molecular flexibility index (Phi) is 7.37. The average Bonchev–Trinajstić information content (AvgIpc) is 3.13. The summed E-state index contributed by atoms with van der Waals surface area (Å²) in [7, 11) is 4.29. The van der Waals surface area contributed by atoms with Crippen LogP contribution in [0, 0.1) is 0 Å². The van der Waals surface area contributed by atoms with Gasteiger partial charge in [0.25, 0.3) is 11.7 Å². The highest BCUT2D eigenvalue weighted by Gasteiger charge is 2.46. The van der Waals surface area contributed by atoms with Crippen molar-refractivity contribution in [2.45, 2.75) is 12.6 Å². The molecule has 186 valence electrons. The molecule has 8 nitrogen and oxygen atoms in total. The minimum Gasteiger partial charge on any atom is -0.507 e. The van der Waals surface area contributed by atoms with Crippen molar-refractivity contribution >= 4 is 40.7 Å². The second-order valence-electron chi connectivity index (χ2n) is 7.85. The summed E-state index contributed by atoms with van der Waals surface area (Å²) < 4.78 is 15.9. The van der Waals surface area contributed by atoms with Gasteiger partial charge in [-0.2, -0.15) is 0 Å². The highest BCUT2D eigenvalue weighted by molar-refractivity contribution is 6.47. The lowest BCUT2D eigenvalue weighted by molar-refractivity contribution is -0.140. The summed E-state index contributed by atoms with van der Waals surface area (Å²) in [4.78, 5) is 32.0. The van der Waals surface area contributed by atoms with E-state index in [0.29, 0.717) is 11.3 Å². The number of pyridine rings is 1. The van der Waals surface area contributed by atoms with Crippen LogP contribution in [-0.2, 0) is 16.1 Å². The Labute approximate surface area is 217 Å². The number of ketones is 1. The molecule has 1 aliphatic heterocycles. The Morgan fingerprint density at radius 3 is 2.33 bits per heavy atom. The maximum atomic E-state index is 13.3. The summed E-state index contributed by atoms with van der Waals surface area (Å²) in [5.41, 5.74) is 1.23. The van der Waals surface area contributed by atoms with Gasteiger partial charge >= 0.3 is 0 Å². The van der Waals surface area contributed by atoms with E-state index in [1.165, 1.54) is 25.2 Å². The van der Waals surface area contributed by atoms with Gasteiger partial charge < -0.3 is 24.2 Å². The van der Waals surface area contributed by atoms with E-state index in [9.17, 15) is 14.7 Å². The molecule has 1 unspecified atom stereocenters. The van der Waals surface area contributed by atoms with E-state index in [1.807, 2.05) is 6.07 Å². The first-order valence-corrected chi connectivity index (χ1v) is 11.5. The standard InChI is InChI=1S/C26H22Cl2N2O6/c1-34-16-6-4-5-14(11-16)13-30-21(15-7-9-29-10-8-15)19(23(32)26(30)33)22(31)17-12-18(27)25(36-3)20(28)24(17)35-2/h4-12,21,31H,13H2,1-3H3/b22-19+. The molecule has 1 saturated heterocycles. The molecule has 2 aromatic carbocycles. The summed E-state index contributed by atoms with van der Waals surface area (Å²) in [6, 6.07) is 11.0. The molecule has 2 heterocycles. The first kappa shape index (κ1) is 25.3. The van der Waals surface area contributed by atoms with Gasteiger partial charge in [0.05, 0.1) is 43.5 Å². The molecular weight excluding hydrogens is 507 g/mol. The van der Waals surface area contributed by atoms with Gasteiger partial charge in [-0.1, -0.05) is 35.3 Å². The van der Waals surface area contributed by atoms with Crippen LogP contribution in [-0.4, -0.2) is 48.0 Å². The normalized spacial score (nSPS) is 16.8. The van der Waals surface area contributed by atoms with Crippen LogP contribution >= 0.6 is 23.2 Å². The SMILES string of the molecule is COc1cccc(CN2C(=O)C(=O)/C(=C(/O)c3cc(Cl)c(OC)c(Cl)c3OC)C2c2ccncc2)c1. The summed E-state index contributed by atoms with van der Waals surface area (Å²) >= 11 is 12.7. The van der Waals surface area contributed by atoms with Gasteiger partial charge in [-0.15, -0.1) is 0 Å². The molecule has 1 aromatic heterocycles. The van der Waals surface area contributed by atoms with Gasteiger partial charge in [-0.05, 0) is 41.5 Å². The van der Waals surface area contributed by atoms with Gasteiger partial charge in [-0.25, -0.2) is 0 Å². The fourth-order valence-electron chi connectivity index (χ4n) is 4.19. The third kappa shape index (κ3) is 4.45. The van der Waals surface area contributed by atoms with Gasteiger partial charge in [0, 0.05) is 18.9 Å². The lowest BCUT2D eigenvalue weighted by atomic mass is 9.95. The fourth-order valence-corrected chi connectivity index (χ4v) is 4.88.